The predicted octanol–water partition coefficient (Wildman–Crippen LogP) is 2.83. The van der Waals surface area contributed by atoms with Crippen LogP contribution in [0.5, 0.6) is 0 Å². The van der Waals surface area contributed by atoms with Crippen LogP contribution in [0.15, 0.2) is 53.8 Å². The monoisotopic (exact) mass is 353 g/mol. The molecular formula is C16H11F4N3O2. The van der Waals surface area contributed by atoms with E-state index in [-0.39, 0.29) is 11.3 Å². The smallest absolute Gasteiger partial charge is 0.365 e. The number of pyridine rings is 1. The summed E-state index contributed by atoms with van der Waals surface area (Å²) in [5.74, 6) is -1.64. The summed E-state index contributed by atoms with van der Waals surface area (Å²) in [5, 5.41) is 14.4. The Kier molecular flexibility index (Phi) is 4.03. The molecule has 1 aromatic carbocycles. The first kappa shape index (κ1) is 17.0. The quantitative estimate of drug-likeness (QED) is 0.845. The number of rotatable bonds is 2. The minimum Gasteiger partial charge on any atom is -0.365 e. The van der Waals surface area contributed by atoms with Crippen molar-refractivity contribution >= 4 is 11.6 Å². The first-order chi connectivity index (χ1) is 11.7. The van der Waals surface area contributed by atoms with Gasteiger partial charge in [-0.3, -0.25) is 9.78 Å². The molecule has 1 N–H and O–H groups in total. The summed E-state index contributed by atoms with van der Waals surface area (Å²) >= 11 is 0. The van der Waals surface area contributed by atoms with E-state index in [1.165, 1.54) is 24.4 Å². The third-order valence-electron chi connectivity index (χ3n) is 3.70. The molecule has 130 valence electrons. The highest BCUT2D eigenvalue weighted by atomic mass is 19.4. The Balaban J connectivity index is 2.07. The zero-order chi connectivity index (χ0) is 18.2. The average Bonchev–Trinajstić information content (AvgIpc) is 2.94. The van der Waals surface area contributed by atoms with Crippen molar-refractivity contribution in [3.8, 4) is 0 Å². The van der Waals surface area contributed by atoms with Crippen molar-refractivity contribution in [2.45, 2.75) is 18.3 Å². The Morgan fingerprint density at radius 3 is 2.40 bits per heavy atom. The summed E-state index contributed by atoms with van der Waals surface area (Å²) in [6, 6.07) is 8.43. The van der Waals surface area contributed by atoms with Gasteiger partial charge in [0.25, 0.3) is 5.91 Å². The standard InChI is InChI=1S/C16H11F4N3O2/c17-11-6-4-10(5-7-11)15(25)9-13(16(18,19)20)22-23(15)14(24)12-3-1-2-8-21-12/h1-8,25H,9H2. The highest BCUT2D eigenvalue weighted by Crippen LogP contribution is 2.40. The van der Waals surface area contributed by atoms with E-state index in [0.717, 1.165) is 24.3 Å². The number of nitrogens with zero attached hydrogens (tertiary/aromatic N) is 3. The first-order valence-corrected chi connectivity index (χ1v) is 7.10. The largest absolute Gasteiger partial charge is 0.431 e. The number of hydrazone groups is 1. The van der Waals surface area contributed by atoms with Gasteiger partial charge in [0, 0.05) is 11.8 Å². The summed E-state index contributed by atoms with van der Waals surface area (Å²) in [5.41, 5.74) is -3.99. The molecule has 5 nitrogen and oxygen atoms in total. The molecule has 0 spiro atoms. The zero-order valence-electron chi connectivity index (χ0n) is 12.5. The first-order valence-electron chi connectivity index (χ1n) is 7.10. The number of carbonyl (C=O) groups is 1. The fourth-order valence-corrected chi connectivity index (χ4v) is 2.46. The maximum atomic E-state index is 13.1. The van der Waals surface area contributed by atoms with E-state index < -0.39 is 35.8 Å². The zero-order valence-corrected chi connectivity index (χ0v) is 12.5. The number of alkyl halides is 3. The highest BCUT2D eigenvalue weighted by molar-refractivity contribution is 5.98. The third kappa shape index (κ3) is 3.10. The molecule has 3 rings (SSSR count). The van der Waals surface area contributed by atoms with Gasteiger partial charge in [-0.1, -0.05) is 18.2 Å². The topological polar surface area (TPSA) is 65.8 Å². The minimum atomic E-state index is -4.83. The Bertz CT molecular complexity index is 822. The van der Waals surface area contributed by atoms with Gasteiger partial charge in [0.15, 0.2) is 5.72 Å². The Labute approximate surface area is 139 Å². The van der Waals surface area contributed by atoms with Crippen LogP contribution in [0.3, 0.4) is 0 Å². The van der Waals surface area contributed by atoms with Crippen LogP contribution in [0.1, 0.15) is 22.5 Å². The van der Waals surface area contributed by atoms with Crippen LogP contribution < -0.4 is 0 Å². The van der Waals surface area contributed by atoms with Crippen LogP contribution in [0.4, 0.5) is 17.6 Å². The second-order valence-electron chi connectivity index (χ2n) is 5.38. The van der Waals surface area contributed by atoms with Gasteiger partial charge < -0.3 is 5.11 Å². The summed E-state index contributed by atoms with van der Waals surface area (Å²) < 4.78 is 52.3. The fourth-order valence-electron chi connectivity index (χ4n) is 2.46. The van der Waals surface area contributed by atoms with Crippen LogP contribution in [0.2, 0.25) is 0 Å². The van der Waals surface area contributed by atoms with Crippen molar-refractivity contribution in [3.05, 3.63) is 65.7 Å². The highest BCUT2D eigenvalue weighted by Gasteiger charge is 2.53. The van der Waals surface area contributed by atoms with Crippen molar-refractivity contribution in [2.24, 2.45) is 5.10 Å². The fraction of sp³-hybridized carbons (Fsp3) is 0.188. The minimum absolute atomic E-state index is 0.0961. The summed E-state index contributed by atoms with van der Waals surface area (Å²) in [4.78, 5) is 16.3. The number of amides is 1. The molecule has 0 bridgehead atoms. The van der Waals surface area contributed by atoms with Gasteiger partial charge in [0.1, 0.15) is 17.2 Å². The van der Waals surface area contributed by atoms with Crippen LogP contribution in [-0.4, -0.2) is 32.9 Å². The number of benzene rings is 1. The molecule has 1 aliphatic heterocycles. The third-order valence-corrected chi connectivity index (χ3v) is 3.70. The molecule has 0 saturated heterocycles. The lowest BCUT2D eigenvalue weighted by atomic mass is 9.97. The lowest BCUT2D eigenvalue weighted by Crippen LogP contribution is -2.44. The molecule has 1 aromatic heterocycles. The van der Waals surface area contributed by atoms with Gasteiger partial charge in [-0.25, -0.2) is 4.39 Å². The Hall–Kier alpha value is -2.81. The van der Waals surface area contributed by atoms with E-state index in [1.807, 2.05) is 0 Å². The van der Waals surface area contributed by atoms with E-state index in [0.29, 0.717) is 5.01 Å². The van der Waals surface area contributed by atoms with Gasteiger partial charge >= 0.3 is 6.18 Å². The van der Waals surface area contributed by atoms with Crippen molar-refractivity contribution in [1.82, 2.24) is 9.99 Å². The van der Waals surface area contributed by atoms with Gasteiger partial charge in [0.05, 0.1) is 6.42 Å². The lowest BCUT2D eigenvalue weighted by molar-refractivity contribution is -0.0818. The maximum absolute atomic E-state index is 13.1. The van der Waals surface area contributed by atoms with Crippen LogP contribution >= 0.6 is 0 Å². The van der Waals surface area contributed by atoms with Crippen LogP contribution in [-0.2, 0) is 5.72 Å². The van der Waals surface area contributed by atoms with Gasteiger partial charge in [-0.2, -0.15) is 23.3 Å². The molecular weight excluding hydrogens is 342 g/mol. The van der Waals surface area contributed by atoms with E-state index in [9.17, 15) is 27.5 Å². The Morgan fingerprint density at radius 2 is 1.84 bits per heavy atom. The molecule has 1 aliphatic rings. The molecule has 0 fully saturated rings. The molecule has 25 heavy (non-hydrogen) atoms. The molecule has 2 aromatic rings. The molecule has 1 unspecified atom stereocenters. The summed E-state index contributed by atoms with van der Waals surface area (Å²) in [6.45, 7) is 0. The number of aromatic nitrogens is 1. The van der Waals surface area contributed by atoms with E-state index >= 15 is 0 Å². The predicted molar refractivity (Wildman–Crippen MR) is 78.8 cm³/mol. The second-order valence-corrected chi connectivity index (χ2v) is 5.38. The lowest BCUT2D eigenvalue weighted by Gasteiger charge is -2.31. The van der Waals surface area contributed by atoms with Crippen LogP contribution in [0, 0.1) is 5.82 Å². The molecule has 0 saturated carbocycles. The van der Waals surface area contributed by atoms with Crippen molar-refractivity contribution < 1.29 is 27.5 Å². The number of carbonyl (C=O) groups excluding carboxylic acids is 1. The summed E-state index contributed by atoms with van der Waals surface area (Å²) in [7, 11) is 0. The molecule has 0 aliphatic carbocycles. The Morgan fingerprint density at radius 1 is 1.16 bits per heavy atom. The number of halogens is 4. The van der Waals surface area contributed by atoms with E-state index in [4.69, 9.17) is 0 Å². The molecule has 1 atom stereocenters. The molecule has 1 amide bonds. The van der Waals surface area contributed by atoms with Crippen molar-refractivity contribution in [1.29, 1.82) is 0 Å². The number of hydrogen-bond donors (Lipinski definition) is 1. The number of aliphatic hydroxyl groups is 1. The normalized spacial score (nSPS) is 20.5. The van der Waals surface area contributed by atoms with Gasteiger partial charge in [0.2, 0.25) is 0 Å². The second kappa shape index (κ2) is 5.92. The summed E-state index contributed by atoms with van der Waals surface area (Å²) in [6.07, 6.45) is -4.51. The molecule has 0 radical (unpaired) electrons. The van der Waals surface area contributed by atoms with Crippen molar-refractivity contribution in [3.63, 3.8) is 0 Å². The molecule has 9 heteroatoms. The van der Waals surface area contributed by atoms with Crippen LogP contribution in [0.25, 0.3) is 0 Å². The number of hydrogen-bond acceptors (Lipinski definition) is 4. The van der Waals surface area contributed by atoms with E-state index in [1.54, 1.807) is 0 Å². The van der Waals surface area contributed by atoms with Crippen molar-refractivity contribution in [2.75, 3.05) is 0 Å². The maximum Gasteiger partial charge on any atom is 0.431 e. The SMILES string of the molecule is O=C(c1ccccn1)N1N=C(C(F)(F)F)CC1(O)c1ccc(F)cc1. The average molecular weight is 353 g/mol. The molecule has 2 heterocycles. The van der Waals surface area contributed by atoms with E-state index in [2.05, 4.69) is 10.1 Å². The van der Waals surface area contributed by atoms with Gasteiger partial charge in [-0.15, -0.1) is 0 Å². The van der Waals surface area contributed by atoms with Gasteiger partial charge in [-0.05, 0) is 24.3 Å².